The van der Waals surface area contributed by atoms with Crippen molar-refractivity contribution in [2.45, 2.75) is 51.0 Å². The largest absolute Gasteiger partial charge is 0.396 e. The third-order valence-corrected chi connectivity index (χ3v) is 4.09. The molecule has 1 aliphatic carbocycles. The average molecular weight is 272 g/mol. The van der Waals surface area contributed by atoms with Gasteiger partial charge in [0, 0.05) is 25.7 Å². The zero-order valence-electron chi connectivity index (χ0n) is 12.0. The molecule has 0 aromatic carbocycles. The Morgan fingerprint density at radius 2 is 2.11 bits per heavy atom. The zero-order chi connectivity index (χ0) is 14.1. The van der Waals surface area contributed by atoms with Gasteiger partial charge in [-0.3, -0.25) is 4.79 Å². The summed E-state index contributed by atoms with van der Waals surface area (Å²) in [5.41, 5.74) is 5.70. The fourth-order valence-electron chi connectivity index (χ4n) is 2.68. The Balaban J connectivity index is 2.31. The van der Waals surface area contributed by atoms with Crippen LogP contribution >= 0.6 is 0 Å². The standard InChI is InChI=1S/C14H28N2O3/c1-19-9-5-6-12(15)13(18)16-10-14(11-17)7-3-2-4-8-14/h12,17H,2-11,15H2,1H3,(H,16,18). The number of carbonyl (C=O) groups excluding carboxylic acids is 1. The molecular formula is C14H28N2O3. The van der Waals surface area contributed by atoms with Gasteiger partial charge in [0.05, 0.1) is 12.6 Å². The molecule has 0 radical (unpaired) electrons. The first-order valence-corrected chi connectivity index (χ1v) is 7.27. The van der Waals surface area contributed by atoms with Crippen LogP contribution in [0.15, 0.2) is 0 Å². The second kappa shape index (κ2) is 8.51. The van der Waals surface area contributed by atoms with E-state index in [-0.39, 0.29) is 17.9 Å². The van der Waals surface area contributed by atoms with Crippen molar-refractivity contribution in [3.8, 4) is 0 Å². The summed E-state index contributed by atoms with van der Waals surface area (Å²) in [6.45, 7) is 1.31. The van der Waals surface area contributed by atoms with E-state index in [2.05, 4.69) is 5.32 Å². The smallest absolute Gasteiger partial charge is 0.236 e. The molecule has 19 heavy (non-hydrogen) atoms. The zero-order valence-corrected chi connectivity index (χ0v) is 12.0. The molecule has 0 heterocycles. The Hall–Kier alpha value is -0.650. The Bertz CT molecular complexity index is 265. The SMILES string of the molecule is COCCCC(N)C(=O)NCC1(CO)CCCCC1. The highest BCUT2D eigenvalue weighted by Gasteiger charge is 2.32. The van der Waals surface area contributed by atoms with Crippen LogP contribution in [0.25, 0.3) is 0 Å². The number of aliphatic hydroxyl groups excluding tert-OH is 1. The normalized spacial score (nSPS) is 19.9. The predicted molar refractivity (Wildman–Crippen MR) is 74.7 cm³/mol. The summed E-state index contributed by atoms with van der Waals surface area (Å²) in [5, 5.41) is 12.5. The third-order valence-electron chi connectivity index (χ3n) is 4.09. The number of rotatable bonds is 8. The summed E-state index contributed by atoms with van der Waals surface area (Å²) in [6.07, 6.45) is 6.90. The minimum atomic E-state index is -0.477. The monoisotopic (exact) mass is 272 g/mol. The van der Waals surface area contributed by atoms with Crippen molar-refractivity contribution < 1.29 is 14.6 Å². The lowest BCUT2D eigenvalue weighted by molar-refractivity contribution is -0.123. The first-order valence-electron chi connectivity index (χ1n) is 7.27. The Labute approximate surface area is 115 Å². The molecule has 1 rings (SSSR count). The van der Waals surface area contributed by atoms with Gasteiger partial charge in [0.1, 0.15) is 0 Å². The van der Waals surface area contributed by atoms with Gasteiger partial charge in [0.15, 0.2) is 0 Å². The van der Waals surface area contributed by atoms with Crippen LogP contribution in [0.5, 0.6) is 0 Å². The maximum absolute atomic E-state index is 11.9. The number of nitrogens with one attached hydrogen (secondary N) is 1. The lowest BCUT2D eigenvalue weighted by atomic mass is 9.74. The van der Waals surface area contributed by atoms with Gasteiger partial charge in [-0.1, -0.05) is 19.3 Å². The van der Waals surface area contributed by atoms with Gasteiger partial charge >= 0.3 is 0 Å². The molecule has 0 aromatic rings. The van der Waals surface area contributed by atoms with Crippen molar-refractivity contribution in [3.63, 3.8) is 0 Å². The molecule has 1 amide bonds. The highest BCUT2D eigenvalue weighted by molar-refractivity contribution is 5.81. The molecule has 0 bridgehead atoms. The van der Waals surface area contributed by atoms with E-state index in [0.717, 1.165) is 32.1 Å². The molecule has 5 heteroatoms. The Morgan fingerprint density at radius 3 is 2.68 bits per heavy atom. The van der Waals surface area contributed by atoms with Crippen molar-refractivity contribution in [1.29, 1.82) is 0 Å². The third kappa shape index (κ3) is 5.47. The summed E-state index contributed by atoms with van der Waals surface area (Å²) in [6, 6.07) is -0.477. The lowest BCUT2D eigenvalue weighted by Crippen LogP contribution is -2.47. The molecule has 112 valence electrons. The molecule has 4 N–H and O–H groups in total. The van der Waals surface area contributed by atoms with Gasteiger partial charge in [-0.2, -0.15) is 0 Å². The molecule has 1 unspecified atom stereocenters. The van der Waals surface area contributed by atoms with E-state index in [1.54, 1.807) is 7.11 Å². The first-order chi connectivity index (χ1) is 9.13. The number of hydrogen-bond acceptors (Lipinski definition) is 4. The molecule has 1 saturated carbocycles. The average Bonchev–Trinajstić information content (AvgIpc) is 2.46. The quantitative estimate of drug-likeness (QED) is 0.571. The topological polar surface area (TPSA) is 84.6 Å². The molecular weight excluding hydrogens is 244 g/mol. The van der Waals surface area contributed by atoms with Crippen LogP contribution in [0, 0.1) is 5.41 Å². The van der Waals surface area contributed by atoms with Crippen LogP contribution in [0.4, 0.5) is 0 Å². The van der Waals surface area contributed by atoms with Crippen LogP contribution in [0.1, 0.15) is 44.9 Å². The maximum Gasteiger partial charge on any atom is 0.236 e. The van der Waals surface area contributed by atoms with E-state index >= 15 is 0 Å². The van der Waals surface area contributed by atoms with E-state index in [0.29, 0.717) is 19.6 Å². The summed E-state index contributed by atoms with van der Waals surface area (Å²) in [4.78, 5) is 11.9. The van der Waals surface area contributed by atoms with Gasteiger partial charge in [0.25, 0.3) is 0 Å². The summed E-state index contributed by atoms with van der Waals surface area (Å²) in [5.74, 6) is -0.116. The summed E-state index contributed by atoms with van der Waals surface area (Å²) in [7, 11) is 1.64. The fraction of sp³-hybridized carbons (Fsp3) is 0.929. The van der Waals surface area contributed by atoms with Gasteiger partial charge in [-0.15, -0.1) is 0 Å². The molecule has 1 aliphatic rings. The van der Waals surface area contributed by atoms with Crippen LogP contribution in [-0.4, -0.2) is 43.9 Å². The molecule has 0 saturated heterocycles. The predicted octanol–water partition coefficient (Wildman–Crippen LogP) is 0.799. The van der Waals surface area contributed by atoms with Crippen molar-refractivity contribution >= 4 is 5.91 Å². The molecule has 0 aromatic heterocycles. The van der Waals surface area contributed by atoms with E-state index in [1.165, 1.54) is 6.42 Å². The minimum Gasteiger partial charge on any atom is -0.396 e. The molecule has 5 nitrogen and oxygen atoms in total. The van der Waals surface area contributed by atoms with E-state index in [4.69, 9.17) is 10.5 Å². The van der Waals surface area contributed by atoms with Crippen molar-refractivity contribution in [2.75, 3.05) is 26.9 Å². The Morgan fingerprint density at radius 1 is 1.42 bits per heavy atom. The second-order valence-electron chi connectivity index (χ2n) is 5.68. The molecule has 1 fully saturated rings. The number of ether oxygens (including phenoxy) is 1. The fourth-order valence-corrected chi connectivity index (χ4v) is 2.68. The van der Waals surface area contributed by atoms with Crippen molar-refractivity contribution in [1.82, 2.24) is 5.32 Å². The number of nitrogens with two attached hydrogens (primary N) is 1. The highest BCUT2D eigenvalue weighted by atomic mass is 16.5. The molecule has 0 spiro atoms. The summed E-state index contributed by atoms with van der Waals surface area (Å²) < 4.78 is 4.94. The second-order valence-corrected chi connectivity index (χ2v) is 5.68. The van der Waals surface area contributed by atoms with Gasteiger partial charge in [-0.25, -0.2) is 0 Å². The van der Waals surface area contributed by atoms with E-state index < -0.39 is 6.04 Å². The number of hydrogen-bond donors (Lipinski definition) is 3. The first kappa shape index (κ1) is 16.4. The van der Waals surface area contributed by atoms with Crippen LogP contribution in [0.2, 0.25) is 0 Å². The molecule has 0 aliphatic heterocycles. The van der Waals surface area contributed by atoms with Crippen LogP contribution in [0.3, 0.4) is 0 Å². The van der Waals surface area contributed by atoms with Crippen molar-refractivity contribution in [3.05, 3.63) is 0 Å². The lowest BCUT2D eigenvalue weighted by Gasteiger charge is -2.35. The number of aliphatic hydroxyl groups is 1. The number of carbonyl (C=O) groups is 1. The highest BCUT2D eigenvalue weighted by Crippen LogP contribution is 2.35. The number of amides is 1. The number of methoxy groups -OCH3 is 1. The van der Waals surface area contributed by atoms with Gasteiger partial charge < -0.3 is 20.9 Å². The minimum absolute atomic E-state index is 0.116. The van der Waals surface area contributed by atoms with Crippen molar-refractivity contribution in [2.24, 2.45) is 11.1 Å². The van der Waals surface area contributed by atoms with E-state index in [1.807, 2.05) is 0 Å². The van der Waals surface area contributed by atoms with Gasteiger partial charge in [-0.05, 0) is 25.7 Å². The van der Waals surface area contributed by atoms with Gasteiger partial charge in [0.2, 0.25) is 5.91 Å². The maximum atomic E-state index is 11.9. The van der Waals surface area contributed by atoms with E-state index in [9.17, 15) is 9.90 Å². The summed E-state index contributed by atoms with van der Waals surface area (Å²) >= 11 is 0. The van der Waals surface area contributed by atoms with Crippen LogP contribution in [-0.2, 0) is 9.53 Å². The molecule has 1 atom stereocenters. The van der Waals surface area contributed by atoms with Crippen LogP contribution < -0.4 is 11.1 Å². The Kier molecular flexibility index (Phi) is 7.34.